The van der Waals surface area contributed by atoms with Gasteiger partial charge < -0.3 is 40.3 Å². The lowest BCUT2D eigenvalue weighted by atomic mass is 9.99. The number of rotatable bonds is 34. The first-order valence-corrected chi connectivity index (χ1v) is 20.9. The third kappa shape index (κ3) is 23.5. The minimum Gasteiger partial charge on any atom is -0.394 e. The Hall–Kier alpha value is -1.07. The van der Waals surface area contributed by atoms with Gasteiger partial charge in [-0.2, -0.15) is 0 Å². The maximum Gasteiger partial charge on any atom is 0.220 e. The molecule has 0 aromatic rings. The van der Waals surface area contributed by atoms with Crippen LogP contribution in [-0.2, 0) is 14.3 Å². The van der Waals surface area contributed by atoms with Gasteiger partial charge in [-0.1, -0.05) is 174 Å². The monoisotopic (exact) mass is 714 g/mol. The van der Waals surface area contributed by atoms with E-state index in [1.807, 2.05) is 6.08 Å². The van der Waals surface area contributed by atoms with Crippen molar-refractivity contribution in [1.29, 1.82) is 0 Å². The molecule has 9 heteroatoms. The van der Waals surface area contributed by atoms with E-state index in [1.165, 1.54) is 128 Å². The second kappa shape index (κ2) is 32.6. The highest BCUT2D eigenvalue weighted by Gasteiger charge is 2.44. The summed E-state index contributed by atoms with van der Waals surface area (Å²) in [7, 11) is 0. The van der Waals surface area contributed by atoms with Gasteiger partial charge in [-0.25, -0.2) is 0 Å². The van der Waals surface area contributed by atoms with Crippen molar-refractivity contribution in [3.8, 4) is 0 Å². The summed E-state index contributed by atoms with van der Waals surface area (Å²) in [5.74, 6) is -0.179. The predicted molar refractivity (Wildman–Crippen MR) is 203 cm³/mol. The summed E-state index contributed by atoms with van der Waals surface area (Å²) in [4.78, 5) is 12.8. The summed E-state index contributed by atoms with van der Waals surface area (Å²) < 4.78 is 11.2. The zero-order valence-corrected chi connectivity index (χ0v) is 32.2. The van der Waals surface area contributed by atoms with Gasteiger partial charge in [-0.15, -0.1) is 0 Å². The number of carbonyl (C=O) groups excluding carboxylic acids is 1. The van der Waals surface area contributed by atoms with Gasteiger partial charge in [0, 0.05) is 6.42 Å². The van der Waals surface area contributed by atoms with Gasteiger partial charge in [0.05, 0.1) is 25.4 Å². The Morgan fingerprint density at radius 1 is 0.660 bits per heavy atom. The van der Waals surface area contributed by atoms with Crippen LogP contribution in [0.2, 0.25) is 0 Å². The number of unbranched alkanes of at least 4 members (excludes halogenated alkanes) is 24. The van der Waals surface area contributed by atoms with E-state index in [4.69, 9.17) is 9.47 Å². The highest BCUT2D eigenvalue weighted by molar-refractivity contribution is 5.76. The first kappa shape index (κ1) is 47.0. The van der Waals surface area contributed by atoms with Crippen molar-refractivity contribution in [1.82, 2.24) is 5.32 Å². The van der Waals surface area contributed by atoms with Gasteiger partial charge in [0.2, 0.25) is 5.91 Å². The highest BCUT2D eigenvalue weighted by atomic mass is 16.7. The molecule has 0 radical (unpaired) electrons. The largest absolute Gasteiger partial charge is 0.394 e. The molecular formula is C41H79NO8. The summed E-state index contributed by atoms with van der Waals surface area (Å²) >= 11 is 0. The van der Waals surface area contributed by atoms with Crippen LogP contribution >= 0.6 is 0 Å². The Balaban J connectivity index is 2.39. The average Bonchev–Trinajstić information content (AvgIpc) is 3.11. The Labute approximate surface area is 306 Å². The number of nitrogens with one attached hydrogen (secondary N) is 1. The van der Waals surface area contributed by atoms with Gasteiger partial charge in [0.15, 0.2) is 6.29 Å². The average molecular weight is 714 g/mol. The molecule has 0 bridgehead atoms. The Morgan fingerprint density at radius 3 is 1.56 bits per heavy atom. The molecule has 0 aromatic heterocycles. The third-order valence-corrected chi connectivity index (χ3v) is 10.1. The lowest BCUT2D eigenvalue weighted by molar-refractivity contribution is -0.302. The van der Waals surface area contributed by atoms with Crippen LogP contribution in [0.4, 0.5) is 0 Å². The Morgan fingerprint density at radius 2 is 1.10 bits per heavy atom. The molecule has 0 saturated carbocycles. The van der Waals surface area contributed by atoms with Crippen molar-refractivity contribution in [2.45, 2.75) is 230 Å². The van der Waals surface area contributed by atoms with Crippen molar-refractivity contribution >= 4 is 5.91 Å². The molecule has 1 saturated heterocycles. The minimum absolute atomic E-state index is 0.179. The van der Waals surface area contributed by atoms with Crippen molar-refractivity contribution in [3.05, 3.63) is 12.2 Å². The Bertz CT molecular complexity index is 797. The molecule has 1 aliphatic heterocycles. The van der Waals surface area contributed by atoms with Crippen LogP contribution in [0.5, 0.6) is 0 Å². The number of amides is 1. The summed E-state index contributed by atoms with van der Waals surface area (Å²) in [6, 6.07) is -0.796. The van der Waals surface area contributed by atoms with Crippen molar-refractivity contribution < 1.29 is 39.8 Å². The summed E-state index contributed by atoms with van der Waals surface area (Å²) in [5, 5.41) is 54.0. The van der Waals surface area contributed by atoms with Crippen LogP contribution < -0.4 is 5.32 Å². The molecule has 50 heavy (non-hydrogen) atoms. The van der Waals surface area contributed by atoms with Crippen molar-refractivity contribution in [3.63, 3.8) is 0 Å². The van der Waals surface area contributed by atoms with Crippen LogP contribution in [0.1, 0.15) is 187 Å². The number of allylic oxidation sites excluding steroid dienone is 1. The standard InChI is InChI=1S/C41H79NO8/c1-3-5-7-9-11-13-15-16-17-18-19-20-21-22-24-26-28-30-35(44)34(33-49-41-40(48)39(47)38(46)36(32-43)50-41)42-37(45)31-29-27-25-23-14-12-10-8-6-4-2/h28,30,34-36,38-41,43-44,46-48H,3-27,29,31-33H2,1-2H3,(H,42,45)/b30-28+. The Kier molecular flexibility index (Phi) is 30.6. The molecule has 1 aliphatic rings. The molecule has 1 heterocycles. The zero-order chi connectivity index (χ0) is 36.7. The normalized spacial score (nSPS) is 22.3. The molecule has 1 amide bonds. The van der Waals surface area contributed by atoms with Crippen LogP contribution in [-0.4, -0.2) is 87.5 Å². The first-order chi connectivity index (χ1) is 24.3. The third-order valence-electron chi connectivity index (χ3n) is 10.1. The second-order valence-corrected chi connectivity index (χ2v) is 14.8. The van der Waals surface area contributed by atoms with E-state index in [2.05, 4.69) is 19.2 Å². The van der Waals surface area contributed by atoms with Crippen LogP contribution in [0.25, 0.3) is 0 Å². The number of hydrogen-bond donors (Lipinski definition) is 6. The molecule has 7 atom stereocenters. The molecule has 0 aliphatic carbocycles. The predicted octanol–water partition coefficient (Wildman–Crippen LogP) is 7.78. The molecule has 1 fully saturated rings. The molecule has 0 aromatic carbocycles. The van der Waals surface area contributed by atoms with E-state index in [0.29, 0.717) is 6.42 Å². The van der Waals surface area contributed by atoms with E-state index >= 15 is 0 Å². The minimum atomic E-state index is -1.56. The number of ether oxygens (including phenoxy) is 2. The van der Waals surface area contributed by atoms with Gasteiger partial charge >= 0.3 is 0 Å². The maximum atomic E-state index is 12.8. The zero-order valence-electron chi connectivity index (χ0n) is 32.2. The fourth-order valence-corrected chi connectivity index (χ4v) is 6.68. The lowest BCUT2D eigenvalue weighted by Gasteiger charge is -2.40. The van der Waals surface area contributed by atoms with Gasteiger partial charge in [0.1, 0.15) is 24.4 Å². The highest BCUT2D eigenvalue weighted by Crippen LogP contribution is 2.22. The van der Waals surface area contributed by atoms with Gasteiger partial charge in [-0.05, 0) is 19.3 Å². The summed E-state index contributed by atoms with van der Waals surface area (Å²) in [6.45, 7) is 3.75. The van der Waals surface area contributed by atoms with Crippen molar-refractivity contribution in [2.75, 3.05) is 13.2 Å². The first-order valence-electron chi connectivity index (χ1n) is 20.9. The quantitative estimate of drug-likeness (QED) is 0.0293. The fourth-order valence-electron chi connectivity index (χ4n) is 6.68. The number of carbonyl (C=O) groups is 1. The maximum absolute atomic E-state index is 12.8. The van der Waals surface area contributed by atoms with Gasteiger partial charge in [-0.3, -0.25) is 4.79 Å². The SMILES string of the molecule is CCCCCCCCCCCCCCCCC/C=C/C(O)C(COC1OC(CO)C(O)C(O)C1O)NC(=O)CCCCCCCCCCCC. The lowest BCUT2D eigenvalue weighted by Crippen LogP contribution is -2.60. The molecule has 7 unspecified atom stereocenters. The molecule has 296 valence electrons. The smallest absolute Gasteiger partial charge is 0.220 e. The van der Waals surface area contributed by atoms with E-state index < -0.39 is 49.5 Å². The summed E-state index contributed by atoms with van der Waals surface area (Å²) in [5.41, 5.74) is 0. The number of aliphatic hydroxyl groups is 5. The van der Waals surface area contributed by atoms with E-state index in [9.17, 15) is 30.3 Å². The van der Waals surface area contributed by atoms with Crippen LogP contribution in [0.15, 0.2) is 12.2 Å². The number of aliphatic hydroxyl groups excluding tert-OH is 5. The fraction of sp³-hybridized carbons (Fsp3) is 0.927. The molecule has 6 N–H and O–H groups in total. The molecular weight excluding hydrogens is 634 g/mol. The number of hydrogen-bond acceptors (Lipinski definition) is 8. The van der Waals surface area contributed by atoms with Crippen LogP contribution in [0.3, 0.4) is 0 Å². The van der Waals surface area contributed by atoms with E-state index in [0.717, 1.165) is 38.5 Å². The summed E-state index contributed by atoms with van der Waals surface area (Å²) in [6.07, 6.45) is 28.3. The van der Waals surface area contributed by atoms with E-state index in [1.54, 1.807) is 6.08 Å². The topological polar surface area (TPSA) is 149 Å². The molecule has 9 nitrogen and oxygen atoms in total. The molecule has 1 rings (SSSR count). The van der Waals surface area contributed by atoms with E-state index in [-0.39, 0.29) is 12.5 Å². The van der Waals surface area contributed by atoms with Gasteiger partial charge in [0.25, 0.3) is 0 Å². The van der Waals surface area contributed by atoms with Crippen molar-refractivity contribution in [2.24, 2.45) is 0 Å². The second-order valence-electron chi connectivity index (χ2n) is 14.8. The van der Waals surface area contributed by atoms with Crippen LogP contribution in [0, 0.1) is 0 Å². The molecule has 0 spiro atoms.